The summed E-state index contributed by atoms with van der Waals surface area (Å²) in [5.74, 6) is 0. The minimum Gasteiger partial charge on any atom is -0.149 e. The average molecular weight is 812 g/mol. The molecule has 3 rings (SSSR count). The van der Waals surface area contributed by atoms with Gasteiger partial charge < -0.3 is 0 Å². The second kappa shape index (κ2) is 13.6. The number of halogens is 1. The molecule has 0 spiro atoms. The van der Waals surface area contributed by atoms with Gasteiger partial charge in [-0.05, 0) is 90.5 Å². The Balaban J connectivity index is 3.22. The van der Waals surface area contributed by atoms with Crippen LogP contribution in [0.15, 0.2) is 18.2 Å². The van der Waals surface area contributed by atoms with Crippen molar-refractivity contribution in [3.8, 4) is 0 Å². The van der Waals surface area contributed by atoms with Gasteiger partial charge in [0, 0.05) is 0 Å². The number of hydrogen-bond acceptors (Lipinski definition) is 0. The topological polar surface area (TPSA) is 0 Å². The van der Waals surface area contributed by atoms with Crippen molar-refractivity contribution in [2.45, 2.75) is 159 Å². The van der Waals surface area contributed by atoms with Gasteiger partial charge in [0.1, 0.15) is 0 Å². The first-order valence-electron chi connectivity index (χ1n) is 19.2. The maximum Gasteiger partial charge on any atom is 0.247 e. The normalized spacial score (nSPS) is 14.1. The van der Waals surface area contributed by atoms with E-state index in [0.717, 1.165) is 0 Å². The third kappa shape index (κ3) is 7.96. The van der Waals surface area contributed by atoms with Gasteiger partial charge >= 0.3 is 0 Å². The monoisotopic (exact) mass is 810 g/mol. The lowest BCUT2D eigenvalue weighted by Gasteiger charge is -2.46. The molecule has 0 aliphatic heterocycles. The second-order valence-corrected chi connectivity index (χ2v) is 56.6. The summed E-state index contributed by atoms with van der Waals surface area (Å²) in [6.45, 7) is 61.3. The van der Waals surface area contributed by atoms with E-state index in [9.17, 15) is 11.1 Å². The van der Waals surface area contributed by atoms with E-state index in [0.29, 0.717) is 0 Å². The number of benzene rings is 3. The van der Waals surface area contributed by atoms with Gasteiger partial charge in [-0.1, -0.05) is 167 Å². The Hall–Kier alpha value is -0.532. The molecule has 0 saturated heterocycles. The largest absolute Gasteiger partial charge is 0.247 e. The second-order valence-electron chi connectivity index (χ2n) is 22.0. The van der Waals surface area contributed by atoms with Crippen molar-refractivity contribution >= 4 is 114 Å². The smallest absolute Gasteiger partial charge is 0.149 e. The molecule has 0 heterocycles. The summed E-state index contributed by atoms with van der Waals surface area (Å²) in [7, 11) is -14.8. The molecule has 0 aromatic heterocycles. The summed E-state index contributed by atoms with van der Waals surface area (Å²) in [5, 5.41) is 14.9. The van der Waals surface area contributed by atoms with Gasteiger partial charge in [-0.2, -0.15) is 0 Å². The molecule has 0 saturated carbocycles. The zero-order valence-electron chi connectivity index (χ0n) is 37.1. The Bertz CT molecular complexity index is 1600. The van der Waals surface area contributed by atoms with Crippen LogP contribution in [-0.2, 0) is 0 Å². The number of aryl methyl sites for hydroxylation is 3. The molecule has 0 nitrogen and oxygen atoms in total. The highest BCUT2D eigenvalue weighted by Gasteiger charge is 2.54. The zero-order valence-corrected chi connectivity index (χ0v) is 44.9. The first-order chi connectivity index (χ1) is 22.0. The van der Waals surface area contributed by atoms with Gasteiger partial charge in [-0.3, -0.25) is 0 Å². The van der Waals surface area contributed by atoms with Crippen LogP contribution in [0.25, 0.3) is 0 Å². The standard InChI is InChI=1S/C42H75ClSi7/c1-28-25-34(44(7,8)9)40(37(31(28)4)47(16,17)18)50(43,41-35(45(10,11)12)26-29(2)32(5)38(41)48(19,20)21)42-36(46(13,14)15)27-30(3)33(6)39(42)49(22,23)24/h25-27H,1-24H3. The maximum atomic E-state index is 9.63. The molecule has 0 N–H and O–H groups in total. The van der Waals surface area contributed by atoms with Crippen LogP contribution in [0.3, 0.4) is 0 Å². The van der Waals surface area contributed by atoms with Crippen LogP contribution in [-0.4, -0.2) is 55.8 Å². The minimum atomic E-state index is -3.29. The Kier molecular flexibility index (Phi) is 12.0. The predicted molar refractivity (Wildman–Crippen MR) is 256 cm³/mol. The van der Waals surface area contributed by atoms with E-state index in [2.05, 4.69) is 178 Å². The van der Waals surface area contributed by atoms with Crippen molar-refractivity contribution < 1.29 is 0 Å². The third-order valence-corrected chi connectivity index (χ3v) is 30.5. The van der Waals surface area contributed by atoms with Crippen LogP contribution in [0, 0.1) is 41.5 Å². The molecule has 0 atom stereocenters. The molecule has 0 aliphatic carbocycles. The summed E-state index contributed by atoms with van der Waals surface area (Å²) >= 11 is 9.63. The Morgan fingerprint density at radius 3 is 0.620 bits per heavy atom. The molecule has 0 radical (unpaired) electrons. The van der Waals surface area contributed by atoms with Crippen LogP contribution in [0.4, 0.5) is 0 Å². The van der Waals surface area contributed by atoms with E-state index < -0.39 is 55.8 Å². The molecular formula is C42H75ClSi7. The summed E-state index contributed by atoms with van der Waals surface area (Å²) in [6.07, 6.45) is 0. The van der Waals surface area contributed by atoms with E-state index in [4.69, 9.17) is 0 Å². The average Bonchev–Trinajstić information content (AvgIpc) is 2.87. The summed E-state index contributed by atoms with van der Waals surface area (Å²) in [4.78, 5) is 0. The van der Waals surface area contributed by atoms with Crippen molar-refractivity contribution in [1.29, 1.82) is 0 Å². The van der Waals surface area contributed by atoms with Gasteiger partial charge in [0.2, 0.25) is 7.38 Å². The minimum absolute atomic E-state index is 1.46. The van der Waals surface area contributed by atoms with E-state index in [-0.39, 0.29) is 0 Å². The highest BCUT2D eigenvalue weighted by atomic mass is 35.6. The molecule has 8 heteroatoms. The van der Waals surface area contributed by atoms with Gasteiger partial charge in [0.25, 0.3) is 0 Å². The SMILES string of the molecule is Cc1cc([Si](C)(C)C)c([Si](Cl)(c2c([Si](C)(C)C)cc(C)c(C)c2[Si](C)(C)C)c2c([Si](C)(C)C)cc(C)c(C)c2[Si](C)(C)C)c([Si](C)(C)C)c1C. The van der Waals surface area contributed by atoms with Gasteiger partial charge in [-0.15, -0.1) is 11.1 Å². The van der Waals surface area contributed by atoms with Crippen molar-refractivity contribution in [1.82, 2.24) is 0 Å². The molecule has 0 unspecified atom stereocenters. The lowest BCUT2D eigenvalue weighted by atomic mass is 10.1. The van der Waals surface area contributed by atoms with Crippen molar-refractivity contribution in [3.05, 3.63) is 51.6 Å². The van der Waals surface area contributed by atoms with Crippen molar-refractivity contribution in [3.63, 3.8) is 0 Å². The summed E-state index contributed by atoms with van der Waals surface area (Å²) in [6, 6.07) is 7.95. The Labute approximate surface area is 322 Å². The molecule has 0 fully saturated rings. The predicted octanol–water partition coefficient (Wildman–Crippen LogP) is 8.01. The van der Waals surface area contributed by atoms with Crippen LogP contribution in [0.5, 0.6) is 0 Å². The summed E-state index contributed by atoms with van der Waals surface area (Å²) in [5.41, 5.74) is 8.93. The molecule has 0 aliphatic rings. The fourth-order valence-electron chi connectivity index (χ4n) is 8.78. The lowest BCUT2D eigenvalue weighted by Crippen LogP contribution is -2.87. The quantitative estimate of drug-likeness (QED) is 0.117. The Morgan fingerprint density at radius 2 is 0.480 bits per heavy atom. The highest BCUT2D eigenvalue weighted by Crippen LogP contribution is 2.24. The fraction of sp³-hybridized carbons (Fsp3) is 0.571. The first kappa shape index (κ1) is 43.9. The third-order valence-electron chi connectivity index (χ3n) is 11.2. The first-order valence-corrected chi connectivity index (χ1v) is 43.2. The van der Waals surface area contributed by atoms with Crippen LogP contribution in [0.1, 0.15) is 33.4 Å². The van der Waals surface area contributed by atoms with E-state index in [1.807, 2.05) is 0 Å². The maximum absolute atomic E-state index is 9.63. The van der Waals surface area contributed by atoms with Crippen molar-refractivity contribution in [2.75, 3.05) is 0 Å². The van der Waals surface area contributed by atoms with Crippen LogP contribution in [0.2, 0.25) is 118 Å². The van der Waals surface area contributed by atoms with Crippen LogP contribution < -0.4 is 46.7 Å². The summed E-state index contributed by atoms with van der Waals surface area (Å²) < 4.78 is 0. The van der Waals surface area contributed by atoms with E-state index in [1.54, 1.807) is 46.7 Å². The lowest BCUT2D eigenvalue weighted by molar-refractivity contribution is 1.36. The van der Waals surface area contributed by atoms with E-state index in [1.165, 1.54) is 33.4 Å². The number of rotatable bonds is 9. The fourth-order valence-corrected chi connectivity index (χ4v) is 37.3. The molecule has 0 bridgehead atoms. The Morgan fingerprint density at radius 1 is 0.300 bits per heavy atom. The van der Waals surface area contributed by atoms with Gasteiger partial charge in [-0.25, -0.2) is 0 Å². The highest BCUT2D eigenvalue weighted by molar-refractivity contribution is 7.46. The molecular weight excluding hydrogens is 737 g/mol. The molecule has 50 heavy (non-hydrogen) atoms. The van der Waals surface area contributed by atoms with Gasteiger partial charge in [0.05, 0.1) is 48.4 Å². The molecule has 278 valence electrons. The van der Waals surface area contributed by atoms with Gasteiger partial charge in [0.15, 0.2) is 0 Å². The molecule has 3 aromatic carbocycles. The molecule has 3 aromatic rings. The zero-order chi connectivity index (χ0) is 39.3. The molecule has 0 amide bonds. The van der Waals surface area contributed by atoms with Crippen molar-refractivity contribution in [2.24, 2.45) is 0 Å². The van der Waals surface area contributed by atoms with E-state index >= 15 is 0 Å². The van der Waals surface area contributed by atoms with Crippen LogP contribution >= 0.6 is 11.1 Å². The number of hydrogen-bond donors (Lipinski definition) is 0.